The minimum atomic E-state index is -1.07. The maximum Gasteiger partial charge on any atom is 0.289 e. The lowest BCUT2D eigenvalue weighted by atomic mass is 9.89. The Morgan fingerprint density at radius 2 is 2.03 bits per heavy atom. The molecule has 2 amide bonds. The van der Waals surface area contributed by atoms with Crippen LogP contribution >= 0.6 is 0 Å². The van der Waals surface area contributed by atoms with Gasteiger partial charge >= 0.3 is 0 Å². The molecule has 0 spiro atoms. The second-order valence-corrected chi connectivity index (χ2v) is 7.67. The number of benzene rings is 1. The van der Waals surface area contributed by atoms with E-state index in [-0.39, 0.29) is 35.6 Å². The highest BCUT2D eigenvalue weighted by Gasteiger charge is 2.40. The van der Waals surface area contributed by atoms with Crippen LogP contribution in [0.1, 0.15) is 42.4 Å². The zero-order chi connectivity index (χ0) is 21.3. The van der Waals surface area contributed by atoms with Gasteiger partial charge in [-0.1, -0.05) is 6.07 Å². The van der Waals surface area contributed by atoms with Crippen LogP contribution in [-0.2, 0) is 10.3 Å². The van der Waals surface area contributed by atoms with E-state index >= 15 is 0 Å². The van der Waals surface area contributed by atoms with E-state index in [0.29, 0.717) is 5.69 Å². The first-order valence-electron chi connectivity index (χ1n) is 9.31. The first-order valence-corrected chi connectivity index (χ1v) is 9.31. The van der Waals surface area contributed by atoms with Gasteiger partial charge in [-0.05, 0) is 57.5 Å². The average molecular weight is 397 g/mol. The quantitative estimate of drug-likeness (QED) is 0.828. The predicted octanol–water partition coefficient (Wildman–Crippen LogP) is 2.60. The van der Waals surface area contributed by atoms with E-state index < -0.39 is 17.3 Å². The number of aromatic nitrogens is 1. The molecule has 0 bridgehead atoms. The maximum absolute atomic E-state index is 14.7. The maximum atomic E-state index is 14.7. The number of aryl methyl sites for hydroxylation is 1. The van der Waals surface area contributed by atoms with Gasteiger partial charge in [0.25, 0.3) is 11.8 Å². The van der Waals surface area contributed by atoms with Crippen molar-refractivity contribution < 1.29 is 14.0 Å². The number of amides is 2. The van der Waals surface area contributed by atoms with Crippen LogP contribution in [0.25, 0.3) is 0 Å². The number of halogens is 1. The van der Waals surface area contributed by atoms with Crippen LogP contribution < -0.4 is 11.1 Å². The lowest BCUT2D eigenvalue weighted by Gasteiger charge is -2.39. The molecule has 1 unspecified atom stereocenters. The van der Waals surface area contributed by atoms with E-state index in [1.807, 2.05) is 20.8 Å². The van der Waals surface area contributed by atoms with Gasteiger partial charge in [0, 0.05) is 23.5 Å². The predicted molar refractivity (Wildman–Crippen MR) is 109 cm³/mol. The molecule has 1 aliphatic rings. The van der Waals surface area contributed by atoms with E-state index in [1.165, 1.54) is 18.2 Å². The van der Waals surface area contributed by atoms with E-state index in [1.54, 1.807) is 30.2 Å². The number of hydrogen-bond acceptors (Lipinski definition) is 5. The summed E-state index contributed by atoms with van der Waals surface area (Å²) in [6.07, 6.45) is 1.60. The third-order valence-corrected chi connectivity index (χ3v) is 4.90. The molecule has 3 rings (SSSR count). The molecule has 1 atom stereocenters. The molecule has 1 aliphatic heterocycles. The Labute approximate surface area is 168 Å². The van der Waals surface area contributed by atoms with Gasteiger partial charge < -0.3 is 16.0 Å². The van der Waals surface area contributed by atoms with E-state index in [0.717, 1.165) is 5.56 Å². The van der Waals surface area contributed by atoms with Crippen LogP contribution in [-0.4, -0.2) is 40.1 Å². The largest absolute Gasteiger partial charge is 0.379 e. The van der Waals surface area contributed by atoms with Crippen molar-refractivity contribution in [3.05, 3.63) is 59.2 Å². The Balaban J connectivity index is 1.93. The second kappa shape index (κ2) is 7.62. The molecule has 7 nitrogen and oxygen atoms in total. The first kappa shape index (κ1) is 20.4. The van der Waals surface area contributed by atoms with Gasteiger partial charge in [0.1, 0.15) is 17.1 Å². The summed E-state index contributed by atoms with van der Waals surface area (Å²) < 4.78 is 14.7. The van der Waals surface area contributed by atoms with E-state index in [9.17, 15) is 14.0 Å². The Morgan fingerprint density at radius 3 is 2.66 bits per heavy atom. The van der Waals surface area contributed by atoms with Gasteiger partial charge in [0.2, 0.25) is 0 Å². The summed E-state index contributed by atoms with van der Waals surface area (Å²) in [5.41, 5.74) is 6.60. The summed E-state index contributed by atoms with van der Waals surface area (Å²) >= 11 is 0. The van der Waals surface area contributed by atoms with Gasteiger partial charge in [-0.25, -0.2) is 4.39 Å². The van der Waals surface area contributed by atoms with Crippen LogP contribution in [0.4, 0.5) is 10.1 Å². The molecule has 152 valence electrons. The summed E-state index contributed by atoms with van der Waals surface area (Å²) in [5.74, 6) is -1.43. The van der Waals surface area contributed by atoms with Crippen LogP contribution in [0.3, 0.4) is 0 Å². The van der Waals surface area contributed by atoms with Gasteiger partial charge in [0.15, 0.2) is 5.84 Å². The Morgan fingerprint density at radius 1 is 1.31 bits per heavy atom. The van der Waals surface area contributed by atoms with Crippen LogP contribution in [0.5, 0.6) is 0 Å². The Kier molecular flexibility index (Phi) is 5.37. The van der Waals surface area contributed by atoms with E-state index in [2.05, 4.69) is 15.3 Å². The summed E-state index contributed by atoms with van der Waals surface area (Å²) in [6.45, 7) is 7.49. The van der Waals surface area contributed by atoms with Crippen molar-refractivity contribution in [2.75, 3.05) is 11.9 Å². The zero-order valence-electron chi connectivity index (χ0n) is 16.9. The highest BCUT2D eigenvalue weighted by molar-refractivity contribution is 6.37. The van der Waals surface area contributed by atoms with Crippen LogP contribution in [0, 0.1) is 12.7 Å². The molecule has 2 heterocycles. The number of amidine groups is 1. The molecule has 29 heavy (non-hydrogen) atoms. The third kappa shape index (κ3) is 4.11. The number of rotatable bonds is 4. The van der Waals surface area contributed by atoms with Crippen molar-refractivity contribution in [3.63, 3.8) is 0 Å². The third-order valence-electron chi connectivity index (χ3n) is 4.90. The standard InChI is InChI=1S/C21H24FN5O2/c1-12(2)27-11-21(4,26-18(23)20(27)29)15-9-14(6-7-16(15)22)25-19(28)17-8-5-13(3)10-24-17/h5-10,12H,11H2,1-4H3,(H2,23,26)(H,25,28). The zero-order valence-corrected chi connectivity index (χ0v) is 16.9. The molecule has 0 saturated carbocycles. The number of carbonyl (C=O) groups is 2. The lowest BCUT2D eigenvalue weighted by Crippen LogP contribution is -2.54. The molecule has 1 aromatic heterocycles. The van der Waals surface area contributed by atoms with Crippen LogP contribution in [0.15, 0.2) is 41.5 Å². The molecule has 0 radical (unpaired) electrons. The number of nitrogens with two attached hydrogens (primary N) is 1. The van der Waals surface area contributed by atoms with Gasteiger partial charge in [-0.2, -0.15) is 0 Å². The highest BCUT2D eigenvalue weighted by Crippen LogP contribution is 2.34. The number of hydrogen-bond donors (Lipinski definition) is 2. The lowest BCUT2D eigenvalue weighted by molar-refractivity contribution is -0.127. The molecule has 0 aliphatic carbocycles. The highest BCUT2D eigenvalue weighted by atomic mass is 19.1. The molecule has 2 aromatic rings. The number of aliphatic imine (C=N–C) groups is 1. The molecular weight excluding hydrogens is 373 g/mol. The van der Waals surface area contributed by atoms with Gasteiger partial charge in [-0.3, -0.25) is 19.6 Å². The van der Waals surface area contributed by atoms with Crippen LogP contribution in [0.2, 0.25) is 0 Å². The molecule has 0 fully saturated rings. The molecular formula is C21H24FN5O2. The monoisotopic (exact) mass is 397 g/mol. The fourth-order valence-electron chi connectivity index (χ4n) is 3.28. The number of nitrogens with zero attached hydrogens (tertiary/aromatic N) is 3. The van der Waals surface area contributed by atoms with Crippen molar-refractivity contribution in [1.82, 2.24) is 9.88 Å². The van der Waals surface area contributed by atoms with Crippen molar-refractivity contribution in [3.8, 4) is 0 Å². The fraction of sp³-hybridized carbons (Fsp3) is 0.333. The Hall–Kier alpha value is -3.29. The fourth-order valence-corrected chi connectivity index (χ4v) is 3.28. The summed E-state index contributed by atoms with van der Waals surface area (Å²) in [6, 6.07) is 7.54. The number of nitrogens with one attached hydrogen (secondary N) is 1. The number of carbonyl (C=O) groups excluding carboxylic acids is 2. The normalized spacial score (nSPS) is 19.3. The Bertz CT molecular complexity index is 987. The van der Waals surface area contributed by atoms with Crippen molar-refractivity contribution in [2.24, 2.45) is 10.7 Å². The molecule has 1 aromatic carbocycles. The van der Waals surface area contributed by atoms with Crippen molar-refractivity contribution in [1.29, 1.82) is 0 Å². The van der Waals surface area contributed by atoms with Gasteiger partial charge in [-0.15, -0.1) is 0 Å². The summed E-state index contributed by atoms with van der Waals surface area (Å²) in [7, 11) is 0. The SMILES string of the molecule is Cc1ccc(C(=O)Nc2ccc(F)c(C3(C)CN(C(C)C)C(=O)C(N)=N3)c2)nc1. The van der Waals surface area contributed by atoms with Crippen molar-refractivity contribution >= 4 is 23.3 Å². The average Bonchev–Trinajstić information content (AvgIpc) is 2.66. The minimum Gasteiger partial charge on any atom is -0.379 e. The smallest absolute Gasteiger partial charge is 0.289 e. The summed E-state index contributed by atoms with van der Waals surface area (Å²) in [5, 5.41) is 2.73. The number of anilines is 1. The first-order chi connectivity index (χ1) is 13.6. The molecule has 8 heteroatoms. The number of pyridine rings is 1. The molecule has 3 N–H and O–H groups in total. The topological polar surface area (TPSA) is 101 Å². The van der Waals surface area contributed by atoms with Gasteiger partial charge in [0.05, 0.1) is 6.54 Å². The summed E-state index contributed by atoms with van der Waals surface area (Å²) in [4.78, 5) is 34.7. The van der Waals surface area contributed by atoms with Crippen molar-refractivity contribution in [2.45, 2.75) is 39.3 Å². The minimum absolute atomic E-state index is 0.116. The second-order valence-electron chi connectivity index (χ2n) is 7.67. The van der Waals surface area contributed by atoms with E-state index in [4.69, 9.17) is 5.73 Å². The molecule has 0 saturated heterocycles.